The van der Waals surface area contributed by atoms with Crippen LogP contribution in [0.4, 0.5) is 5.69 Å². The van der Waals surface area contributed by atoms with Gasteiger partial charge in [0, 0.05) is 10.5 Å². The van der Waals surface area contributed by atoms with Crippen LogP contribution in [0.15, 0.2) is 70.8 Å². The quantitative estimate of drug-likeness (QED) is 0.469. The number of carbonyl (C=O) groups excluding carboxylic acids is 1. The first-order valence-electron chi connectivity index (χ1n) is 8.08. The maximum absolute atomic E-state index is 12.3. The van der Waals surface area contributed by atoms with E-state index in [0.717, 1.165) is 16.2 Å². The number of thioether (sulfide) groups is 2. The first-order chi connectivity index (χ1) is 13.2. The van der Waals surface area contributed by atoms with Crippen LogP contribution < -0.4 is 11.2 Å². The number of rotatable bonds is 7. The van der Waals surface area contributed by atoms with Crippen molar-refractivity contribution in [3.8, 4) is 17.3 Å². The normalized spacial score (nSPS) is 10.3. The van der Waals surface area contributed by atoms with Gasteiger partial charge in [-0.3, -0.25) is 4.79 Å². The number of hydrogen-bond donors (Lipinski definition) is 2. The van der Waals surface area contributed by atoms with E-state index in [9.17, 15) is 4.79 Å². The maximum Gasteiger partial charge on any atom is 0.234 e. The lowest BCUT2D eigenvalue weighted by molar-refractivity contribution is -0.113. The first-order valence-corrected chi connectivity index (χ1v) is 10.1. The molecule has 0 aliphatic rings. The van der Waals surface area contributed by atoms with Crippen molar-refractivity contribution in [2.24, 2.45) is 0 Å². The minimum absolute atomic E-state index is 0.158. The minimum atomic E-state index is -0.158. The summed E-state index contributed by atoms with van der Waals surface area (Å²) in [6.45, 7) is 0. The number of para-hydroxylation sites is 1. The molecule has 0 unspecified atom stereocenters. The third-order valence-electron chi connectivity index (χ3n) is 3.55. The number of nitrogen functional groups attached to an aromatic ring is 1. The minimum Gasteiger partial charge on any atom is -0.337 e. The summed E-state index contributed by atoms with van der Waals surface area (Å²) in [5.41, 5.74) is 2.43. The topological polar surface area (TPSA) is 96.7 Å². The Morgan fingerprint density at radius 3 is 2.67 bits per heavy atom. The molecule has 1 heterocycles. The maximum atomic E-state index is 12.3. The Hall–Kier alpha value is -2.89. The van der Waals surface area contributed by atoms with Gasteiger partial charge in [-0.25, -0.2) is 9.66 Å². The first kappa shape index (κ1) is 18.9. The molecule has 1 aromatic heterocycles. The summed E-state index contributed by atoms with van der Waals surface area (Å²) in [6.07, 6.45) is 1.74. The number of carbonyl (C=O) groups is 1. The Labute approximate surface area is 165 Å². The van der Waals surface area contributed by atoms with Gasteiger partial charge in [-0.1, -0.05) is 54.2 Å². The molecular weight excluding hydrogens is 378 g/mol. The van der Waals surface area contributed by atoms with Crippen LogP contribution in [0.25, 0.3) is 11.3 Å². The van der Waals surface area contributed by atoms with Crippen LogP contribution in [0.1, 0.15) is 0 Å². The predicted octanol–water partition coefficient (Wildman–Crippen LogP) is 3.61. The number of benzene rings is 2. The van der Waals surface area contributed by atoms with Gasteiger partial charge in [0.05, 0.1) is 35.2 Å². The molecule has 3 N–H and O–H groups in total. The zero-order valence-corrected chi connectivity index (χ0v) is 16.0. The van der Waals surface area contributed by atoms with Gasteiger partial charge in [-0.2, -0.15) is 5.26 Å². The largest absolute Gasteiger partial charge is 0.337 e. The predicted molar refractivity (Wildman–Crippen MR) is 110 cm³/mol. The van der Waals surface area contributed by atoms with Crippen molar-refractivity contribution in [2.45, 2.75) is 10.1 Å². The average Bonchev–Trinajstić information content (AvgIpc) is 3.07. The van der Waals surface area contributed by atoms with Gasteiger partial charge < -0.3 is 11.2 Å². The number of nitriles is 1. The van der Waals surface area contributed by atoms with Crippen molar-refractivity contribution in [2.75, 3.05) is 22.7 Å². The highest BCUT2D eigenvalue weighted by Gasteiger charge is 2.12. The van der Waals surface area contributed by atoms with Crippen LogP contribution in [-0.2, 0) is 4.79 Å². The summed E-state index contributed by atoms with van der Waals surface area (Å²) in [5, 5.41) is 12.2. The van der Waals surface area contributed by atoms with Crippen LogP contribution in [0.3, 0.4) is 0 Å². The van der Waals surface area contributed by atoms with Crippen LogP contribution in [0.2, 0.25) is 0 Å². The molecule has 0 radical (unpaired) electrons. The molecule has 3 rings (SSSR count). The Kier molecular flexibility index (Phi) is 6.41. The molecule has 2 aromatic carbocycles. The number of hydrogen-bond acceptors (Lipinski definition) is 6. The molecule has 8 heteroatoms. The van der Waals surface area contributed by atoms with Crippen molar-refractivity contribution in [3.05, 3.63) is 60.8 Å². The van der Waals surface area contributed by atoms with E-state index in [1.807, 2.05) is 54.6 Å². The van der Waals surface area contributed by atoms with Crippen LogP contribution in [-0.4, -0.2) is 27.1 Å². The molecule has 0 aliphatic carbocycles. The highest BCUT2D eigenvalue weighted by atomic mass is 32.2. The summed E-state index contributed by atoms with van der Waals surface area (Å²) < 4.78 is 1.43. The third kappa shape index (κ3) is 5.06. The fourth-order valence-electron chi connectivity index (χ4n) is 2.35. The Morgan fingerprint density at radius 2 is 1.89 bits per heavy atom. The van der Waals surface area contributed by atoms with Gasteiger partial charge in [-0.15, -0.1) is 11.8 Å². The number of nitrogens with one attached hydrogen (secondary N) is 1. The molecule has 0 saturated heterocycles. The van der Waals surface area contributed by atoms with Crippen molar-refractivity contribution < 1.29 is 4.79 Å². The van der Waals surface area contributed by atoms with Gasteiger partial charge in [0.2, 0.25) is 5.91 Å². The lowest BCUT2D eigenvalue weighted by Gasteiger charge is -2.09. The van der Waals surface area contributed by atoms with Crippen molar-refractivity contribution in [1.29, 1.82) is 5.26 Å². The van der Waals surface area contributed by atoms with Crippen molar-refractivity contribution in [1.82, 2.24) is 9.66 Å². The summed E-state index contributed by atoms with van der Waals surface area (Å²) >= 11 is 2.66. The second-order valence-electron chi connectivity index (χ2n) is 5.46. The second kappa shape index (κ2) is 9.16. The van der Waals surface area contributed by atoms with E-state index in [2.05, 4.69) is 16.4 Å². The van der Waals surface area contributed by atoms with E-state index in [1.54, 1.807) is 6.20 Å². The lowest BCUT2D eigenvalue weighted by Crippen LogP contribution is -2.16. The molecule has 1 amide bonds. The highest BCUT2D eigenvalue weighted by Crippen LogP contribution is 2.27. The van der Waals surface area contributed by atoms with Crippen molar-refractivity contribution in [3.63, 3.8) is 0 Å². The molecule has 0 atom stereocenters. The number of anilines is 1. The fourth-order valence-corrected chi connectivity index (χ4v) is 3.72. The third-order valence-corrected chi connectivity index (χ3v) is 5.46. The fraction of sp³-hybridized carbons (Fsp3) is 0.105. The smallest absolute Gasteiger partial charge is 0.234 e. The molecule has 3 aromatic rings. The number of aromatic nitrogens is 2. The van der Waals surface area contributed by atoms with E-state index < -0.39 is 0 Å². The lowest BCUT2D eigenvalue weighted by atomic mass is 10.2. The van der Waals surface area contributed by atoms with E-state index in [4.69, 9.17) is 11.1 Å². The Morgan fingerprint density at radius 1 is 1.15 bits per heavy atom. The number of nitrogens with two attached hydrogens (primary N) is 1. The molecule has 6 nitrogen and oxygen atoms in total. The van der Waals surface area contributed by atoms with Gasteiger partial charge in [0.1, 0.15) is 0 Å². The number of amides is 1. The summed E-state index contributed by atoms with van der Waals surface area (Å²) in [5.74, 6) is 6.31. The average molecular weight is 396 g/mol. The highest BCUT2D eigenvalue weighted by molar-refractivity contribution is 8.00. The standard InChI is InChI=1S/C19H17N5OS2/c20-10-11-26-17-9-5-4-8-15(17)22-18(25)13-27-19-23-16(12-24(19)21)14-6-2-1-3-7-14/h1-9,12H,11,13,21H2,(H,22,25). The van der Waals surface area contributed by atoms with Crippen molar-refractivity contribution >= 4 is 35.1 Å². The Balaban J connectivity index is 1.62. The summed E-state index contributed by atoms with van der Waals surface area (Å²) in [7, 11) is 0. The van der Waals surface area contributed by atoms with Crippen LogP contribution in [0, 0.1) is 11.3 Å². The zero-order chi connectivity index (χ0) is 19.1. The zero-order valence-electron chi connectivity index (χ0n) is 14.3. The van der Waals surface area contributed by atoms with Gasteiger partial charge in [-0.05, 0) is 12.1 Å². The van der Waals surface area contributed by atoms with Gasteiger partial charge >= 0.3 is 0 Å². The number of nitrogens with zero attached hydrogens (tertiary/aromatic N) is 3. The summed E-state index contributed by atoms with van der Waals surface area (Å²) in [4.78, 5) is 17.7. The molecule has 0 spiro atoms. The van der Waals surface area contributed by atoms with E-state index in [0.29, 0.717) is 16.6 Å². The molecule has 136 valence electrons. The molecule has 0 bridgehead atoms. The molecule has 0 saturated carbocycles. The van der Waals surface area contributed by atoms with Gasteiger partial charge in [0.25, 0.3) is 0 Å². The Bertz CT molecular complexity index is 966. The van der Waals surface area contributed by atoms with Crippen LogP contribution >= 0.6 is 23.5 Å². The van der Waals surface area contributed by atoms with E-state index >= 15 is 0 Å². The molecular formula is C19H17N5OS2. The van der Waals surface area contributed by atoms with E-state index in [1.165, 1.54) is 28.2 Å². The molecule has 27 heavy (non-hydrogen) atoms. The SMILES string of the molecule is N#CCSc1ccccc1NC(=O)CSc1nc(-c2ccccc2)cn1N. The van der Waals surface area contributed by atoms with Gasteiger partial charge in [0.15, 0.2) is 5.16 Å². The van der Waals surface area contributed by atoms with Crippen LogP contribution in [0.5, 0.6) is 0 Å². The van der Waals surface area contributed by atoms with E-state index in [-0.39, 0.29) is 11.7 Å². The molecule has 0 fully saturated rings. The second-order valence-corrected chi connectivity index (χ2v) is 7.42. The number of imidazole rings is 1. The summed E-state index contributed by atoms with van der Waals surface area (Å²) in [6, 6.07) is 19.2. The monoisotopic (exact) mass is 395 g/mol. The molecule has 0 aliphatic heterocycles.